The highest BCUT2D eigenvalue weighted by atomic mass is 32.2. The van der Waals surface area contributed by atoms with E-state index in [-0.39, 0.29) is 36.0 Å². The first-order chi connectivity index (χ1) is 16.3. The monoisotopic (exact) mass is 489 g/mol. The normalized spacial score (nSPS) is 28.8. The maximum absolute atomic E-state index is 13.4. The van der Waals surface area contributed by atoms with Crippen molar-refractivity contribution in [3.63, 3.8) is 0 Å². The van der Waals surface area contributed by atoms with Crippen LogP contribution in [0.2, 0.25) is 0 Å². The molecule has 34 heavy (non-hydrogen) atoms. The SMILES string of the molecule is COC12C(CO)C3=C(C(=O)C(C)=C(OCCSc4ccccc4)C3=O)N1CC1NC12.NC(=O)O. The number of ether oxygens (including phenoxy) is 2. The Bertz CT molecular complexity index is 1070. The number of nitrogens with two attached hydrogens (primary N) is 1. The van der Waals surface area contributed by atoms with Crippen molar-refractivity contribution in [2.75, 3.05) is 32.6 Å². The number of aliphatic hydroxyl groups is 1. The number of amides is 1. The summed E-state index contributed by atoms with van der Waals surface area (Å²) >= 11 is 1.63. The Morgan fingerprint density at radius 2 is 1.97 bits per heavy atom. The Morgan fingerprint density at radius 1 is 1.29 bits per heavy atom. The number of nitrogens with zero attached hydrogens (tertiary/aromatic N) is 1. The number of hydrogen-bond acceptors (Lipinski definition) is 9. The highest BCUT2D eigenvalue weighted by Gasteiger charge is 2.72. The second kappa shape index (κ2) is 9.41. The number of fused-ring (bicyclic) bond motifs is 4. The molecule has 0 saturated carbocycles. The molecule has 0 aromatic heterocycles. The third kappa shape index (κ3) is 3.88. The first kappa shape index (κ1) is 24.3. The lowest BCUT2D eigenvalue weighted by atomic mass is 9.83. The summed E-state index contributed by atoms with van der Waals surface area (Å²) in [7, 11) is 1.57. The molecule has 0 radical (unpaired) electrons. The number of primary amides is 1. The fourth-order valence-corrected chi connectivity index (χ4v) is 5.87. The smallest absolute Gasteiger partial charge is 0.402 e. The Hall–Kier alpha value is -2.86. The molecule has 1 aliphatic carbocycles. The van der Waals surface area contributed by atoms with Gasteiger partial charge in [0.2, 0.25) is 11.6 Å². The summed E-state index contributed by atoms with van der Waals surface area (Å²) in [6.07, 6.45) is -1.33. The number of ketones is 2. The van der Waals surface area contributed by atoms with Gasteiger partial charge in [0.05, 0.1) is 30.9 Å². The average molecular weight is 490 g/mol. The van der Waals surface area contributed by atoms with E-state index < -0.39 is 17.7 Å². The quantitative estimate of drug-likeness (QED) is 0.186. The van der Waals surface area contributed by atoms with Crippen LogP contribution >= 0.6 is 11.8 Å². The van der Waals surface area contributed by atoms with Gasteiger partial charge in [0.1, 0.15) is 0 Å². The van der Waals surface area contributed by atoms with Gasteiger partial charge in [-0.05, 0) is 19.1 Å². The van der Waals surface area contributed by atoms with Crippen molar-refractivity contribution >= 4 is 29.4 Å². The summed E-state index contributed by atoms with van der Waals surface area (Å²) < 4.78 is 11.7. The molecular weight excluding hydrogens is 462 g/mol. The van der Waals surface area contributed by atoms with Crippen LogP contribution in [0.15, 0.2) is 57.8 Å². The number of thioether (sulfide) groups is 1. The van der Waals surface area contributed by atoms with E-state index in [4.69, 9.17) is 19.4 Å². The van der Waals surface area contributed by atoms with Crippen molar-refractivity contribution in [1.29, 1.82) is 0 Å². The second-order valence-corrected chi connectivity index (χ2v) is 9.44. The maximum Gasteiger partial charge on any atom is 0.402 e. The summed E-state index contributed by atoms with van der Waals surface area (Å²) in [5.74, 6) is -0.370. The number of Topliss-reactive ketones (excluding diaryl/α,β-unsaturated/α-hetero) is 2. The molecule has 4 unspecified atom stereocenters. The minimum Gasteiger partial charge on any atom is -0.488 e. The van der Waals surface area contributed by atoms with Crippen molar-refractivity contribution in [2.24, 2.45) is 11.7 Å². The molecule has 3 aliphatic heterocycles. The molecule has 4 aliphatic rings. The molecular formula is C23H27N3O7S. The maximum atomic E-state index is 13.4. The first-order valence-corrected chi connectivity index (χ1v) is 11.8. The summed E-state index contributed by atoms with van der Waals surface area (Å²) in [6, 6.07) is 10.2. The number of aliphatic hydroxyl groups excluding tert-OH is 1. The molecule has 3 heterocycles. The van der Waals surface area contributed by atoms with Crippen LogP contribution < -0.4 is 11.1 Å². The molecule has 11 heteroatoms. The molecule has 0 spiro atoms. The molecule has 5 N–H and O–H groups in total. The number of piperazine rings is 1. The minimum absolute atomic E-state index is 0.00204. The Kier molecular flexibility index (Phi) is 6.72. The van der Waals surface area contributed by atoms with E-state index in [0.717, 1.165) is 4.90 Å². The Balaban J connectivity index is 0.000000636. The van der Waals surface area contributed by atoms with E-state index in [0.29, 0.717) is 35.7 Å². The lowest BCUT2D eigenvalue weighted by molar-refractivity contribution is -0.137. The van der Waals surface area contributed by atoms with E-state index in [1.807, 2.05) is 35.2 Å². The number of hydrogen-bond donors (Lipinski definition) is 4. The number of rotatable bonds is 7. The zero-order chi connectivity index (χ0) is 24.6. The molecule has 1 aromatic carbocycles. The third-order valence-corrected chi connectivity index (χ3v) is 7.48. The standard InChI is InChI=1S/C22H24N2O5S.CH3NO2/c1-12-18(26)17-16(14(11-25)22(28-2)21-15(23-21)10-24(17)22)19(27)20(12)29-8-9-30-13-6-4-3-5-7-13;2-1(3)4/h3-7,14-15,21,23,25H,8-11H2,1-2H3;2H2,(H,3,4). The molecule has 1 aromatic rings. The number of allylic oxidation sites excluding steroid dienone is 2. The molecule has 4 atom stereocenters. The number of carbonyl (C=O) groups is 3. The number of carboxylic acid groups (broad SMARTS) is 1. The Labute approximate surface area is 200 Å². The van der Waals surface area contributed by atoms with Gasteiger partial charge >= 0.3 is 6.09 Å². The van der Waals surface area contributed by atoms with Crippen LogP contribution in [0.5, 0.6) is 0 Å². The van der Waals surface area contributed by atoms with Gasteiger partial charge in [-0.15, -0.1) is 11.8 Å². The summed E-state index contributed by atoms with van der Waals surface area (Å²) in [4.78, 5) is 38.4. The van der Waals surface area contributed by atoms with Crippen molar-refractivity contribution < 1.29 is 34.1 Å². The van der Waals surface area contributed by atoms with Crippen LogP contribution in [0.1, 0.15) is 6.92 Å². The topological polar surface area (TPSA) is 161 Å². The predicted octanol–water partition coefficient (Wildman–Crippen LogP) is 0.719. The first-order valence-electron chi connectivity index (χ1n) is 10.8. The van der Waals surface area contributed by atoms with E-state index >= 15 is 0 Å². The Morgan fingerprint density at radius 3 is 2.59 bits per heavy atom. The van der Waals surface area contributed by atoms with Gasteiger partial charge in [0, 0.05) is 41.5 Å². The van der Waals surface area contributed by atoms with Gasteiger partial charge in [0.25, 0.3) is 0 Å². The van der Waals surface area contributed by atoms with Gasteiger partial charge in [0.15, 0.2) is 11.5 Å². The summed E-state index contributed by atoms with van der Waals surface area (Å²) in [5, 5.41) is 20.7. The number of benzene rings is 1. The lowest BCUT2D eigenvalue weighted by Crippen LogP contribution is -2.54. The molecule has 0 bridgehead atoms. The summed E-state index contributed by atoms with van der Waals surface area (Å²) in [5.41, 5.74) is 4.15. The van der Waals surface area contributed by atoms with E-state index in [1.54, 1.807) is 25.8 Å². The number of carbonyl (C=O) groups excluding carboxylic acids is 2. The second-order valence-electron chi connectivity index (χ2n) is 8.28. The van der Waals surface area contributed by atoms with Crippen LogP contribution in [-0.2, 0) is 19.1 Å². The largest absolute Gasteiger partial charge is 0.488 e. The van der Waals surface area contributed by atoms with Gasteiger partial charge < -0.3 is 35.6 Å². The fourth-order valence-electron chi connectivity index (χ4n) is 5.12. The fraction of sp³-hybridized carbons (Fsp3) is 0.435. The van der Waals surface area contributed by atoms with Gasteiger partial charge in [-0.3, -0.25) is 9.59 Å². The van der Waals surface area contributed by atoms with Crippen LogP contribution in [-0.4, -0.2) is 83.2 Å². The van der Waals surface area contributed by atoms with Crippen LogP contribution in [0.4, 0.5) is 4.79 Å². The van der Waals surface area contributed by atoms with Crippen LogP contribution in [0.25, 0.3) is 0 Å². The molecule has 182 valence electrons. The van der Waals surface area contributed by atoms with E-state index in [9.17, 15) is 14.7 Å². The van der Waals surface area contributed by atoms with Crippen molar-refractivity contribution in [1.82, 2.24) is 10.2 Å². The van der Waals surface area contributed by atoms with Crippen LogP contribution in [0.3, 0.4) is 0 Å². The van der Waals surface area contributed by atoms with Gasteiger partial charge in [-0.1, -0.05) is 18.2 Å². The van der Waals surface area contributed by atoms with Gasteiger partial charge in [-0.25, -0.2) is 4.79 Å². The molecule has 2 fully saturated rings. The number of methoxy groups -OCH3 is 1. The molecule has 10 nitrogen and oxygen atoms in total. The molecule has 1 amide bonds. The van der Waals surface area contributed by atoms with Crippen LogP contribution in [0, 0.1) is 5.92 Å². The van der Waals surface area contributed by atoms with Crippen molar-refractivity contribution in [2.45, 2.75) is 29.6 Å². The van der Waals surface area contributed by atoms with Crippen molar-refractivity contribution in [3.05, 3.63) is 52.9 Å². The van der Waals surface area contributed by atoms with Crippen molar-refractivity contribution in [3.8, 4) is 0 Å². The molecule has 5 rings (SSSR count). The average Bonchev–Trinajstić information content (AvgIpc) is 3.42. The minimum atomic E-state index is -1.33. The highest BCUT2D eigenvalue weighted by molar-refractivity contribution is 7.99. The lowest BCUT2D eigenvalue weighted by Gasteiger charge is -2.39. The zero-order valence-corrected chi connectivity index (χ0v) is 19.6. The van der Waals surface area contributed by atoms with E-state index in [2.05, 4.69) is 11.1 Å². The highest BCUT2D eigenvalue weighted by Crippen LogP contribution is 2.55. The zero-order valence-electron chi connectivity index (χ0n) is 18.8. The predicted molar refractivity (Wildman–Crippen MR) is 123 cm³/mol. The van der Waals surface area contributed by atoms with Gasteiger partial charge in [-0.2, -0.15) is 0 Å². The third-order valence-electron chi connectivity index (χ3n) is 6.50. The molecule has 2 saturated heterocycles. The summed E-state index contributed by atoms with van der Waals surface area (Å²) in [6.45, 7) is 2.26. The number of nitrogens with one attached hydrogen (secondary N) is 1. The van der Waals surface area contributed by atoms with E-state index in [1.165, 1.54) is 0 Å².